The first-order chi connectivity index (χ1) is 7.66. The molecule has 1 aromatic carbocycles. The Morgan fingerprint density at radius 1 is 1.38 bits per heavy atom. The summed E-state index contributed by atoms with van der Waals surface area (Å²) in [7, 11) is 0. The fraction of sp³-hybridized carbons (Fsp3) is 0.538. The van der Waals surface area contributed by atoms with E-state index >= 15 is 0 Å². The number of nitrogens with one attached hydrogen (secondary N) is 1. The predicted molar refractivity (Wildman–Crippen MR) is 63.6 cm³/mol. The van der Waals surface area contributed by atoms with E-state index in [4.69, 9.17) is 4.74 Å². The summed E-state index contributed by atoms with van der Waals surface area (Å²) in [6.45, 7) is 6.40. The Balaban J connectivity index is 1.98. The van der Waals surface area contributed by atoms with Crippen molar-refractivity contribution in [1.82, 2.24) is 5.32 Å². The number of benzene rings is 1. The maximum Gasteiger partial charge on any atom is 0.121 e. The molecule has 88 valence electrons. The number of aryl methyl sites for hydroxylation is 2. The molecule has 2 N–H and O–H groups in total. The van der Waals surface area contributed by atoms with Crippen LogP contribution in [0.1, 0.15) is 23.1 Å². The van der Waals surface area contributed by atoms with E-state index in [9.17, 15) is 5.11 Å². The van der Waals surface area contributed by atoms with Crippen LogP contribution in [-0.2, 0) is 11.3 Å². The summed E-state index contributed by atoms with van der Waals surface area (Å²) in [4.78, 5) is 0. The monoisotopic (exact) mass is 221 g/mol. The smallest absolute Gasteiger partial charge is 0.121 e. The molecule has 16 heavy (non-hydrogen) atoms. The molecule has 0 radical (unpaired) electrons. The molecule has 0 bridgehead atoms. The average molecular weight is 221 g/mol. The molecule has 0 aliphatic carbocycles. The van der Waals surface area contributed by atoms with Crippen molar-refractivity contribution in [2.75, 3.05) is 13.2 Å². The van der Waals surface area contributed by atoms with Crippen LogP contribution in [0, 0.1) is 13.8 Å². The molecular weight excluding hydrogens is 202 g/mol. The van der Waals surface area contributed by atoms with E-state index < -0.39 is 0 Å². The van der Waals surface area contributed by atoms with Crippen molar-refractivity contribution in [2.24, 2.45) is 0 Å². The largest absolute Gasteiger partial charge is 0.507 e. The average Bonchev–Trinajstić information content (AvgIpc) is 2.75. The van der Waals surface area contributed by atoms with Crippen LogP contribution in [0.15, 0.2) is 12.1 Å². The van der Waals surface area contributed by atoms with Crippen LogP contribution in [-0.4, -0.2) is 24.4 Å². The first-order valence-electron chi connectivity index (χ1n) is 5.77. The number of hydrogen-bond acceptors (Lipinski definition) is 3. The van der Waals surface area contributed by atoms with Crippen LogP contribution in [0.5, 0.6) is 5.75 Å². The summed E-state index contributed by atoms with van der Waals surface area (Å²) in [5.74, 6) is 0.410. The number of ether oxygens (including phenoxy) is 1. The standard InChI is InChI=1S/C13H19NO2/c1-9-5-11(6-10(2)13(9)15)7-14-12-3-4-16-8-12/h5-6,12,14-15H,3-4,7-8H2,1-2H3. The quantitative estimate of drug-likeness (QED) is 0.819. The summed E-state index contributed by atoms with van der Waals surface area (Å²) in [5, 5.41) is 13.1. The molecule has 1 fully saturated rings. The van der Waals surface area contributed by atoms with Gasteiger partial charge in [0.25, 0.3) is 0 Å². The van der Waals surface area contributed by atoms with Crippen molar-refractivity contribution in [3.05, 3.63) is 28.8 Å². The molecule has 0 spiro atoms. The van der Waals surface area contributed by atoms with Gasteiger partial charge in [-0.25, -0.2) is 0 Å². The van der Waals surface area contributed by atoms with E-state index in [2.05, 4.69) is 5.32 Å². The predicted octanol–water partition coefficient (Wildman–Crippen LogP) is 1.89. The first kappa shape index (κ1) is 11.4. The van der Waals surface area contributed by atoms with Gasteiger partial charge in [-0.15, -0.1) is 0 Å². The molecule has 1 aromatic rings. The Morgan fingerprint density at radius 3 is 2.62 bits per heavy atom. The van der Waals surface area contributed by atoms with Crippen molar-refractivity contribution in [3.8, 4) is 5.75 Å². The maximum absolute atomic E-state index is 9.67. The minimum Gasteiger partial charge on any atom is -0.507 e. The van der Waals surface area contributed by atoms with E-state index in [-0.39, 0.29) is 0 Å². The maximum atomic E-state index is 9.67. The molecule has 2 rings (SSSR count). The Hall–Kier alpha value is -1.06. The van der Waals surface area contributed by atoms with Crippen molar-refractivity contribution in [2.45, 2.75) is 32.9 Å². The Bertz CT molecular complexity index is 347. The van der Waals surface area contributed by atoms with Gasteiger partial charge in [-0.3, -0.25) is 0 Å². The van der Waals surface area contributed by atoms with E-state index in [1.54, 1.807) is 0 Å². The molecule has 1 atom stereocenters. The third-order valence-corrected chi connectivity index (χ3v) is 3.08. The highest BCUT2D eigenvalue weighted by atomic mass is 16.5. The number of aromatic hydroxyl groups is 1. The summed E-state index contributed by atoms with van der Waals surface area (Å²) >= 11 is 0. The molecule has 1 aliphatic rings. The lowest BCUT2D eigenvalue weighted by Crippen LogP contribution is -2.28. The number of phenols is 1. The minimum absolute atomic E-state index is 0.410. The molecule has 1 unspecified atom stereocenters. The zero-order valence-corrected chi connectivity index (χ0v) is 9.92. The lowest BCUT2D eigenvalue weighted by molar-refractivity contribution is 0.190. The summed E-state index contributed by atoms with van der Waals surface area (Å²) in [6, 6.07) is 4.55. The number of phenolic OH excluding ortho intramolecular Hbond substituents is 1. The molecule has 0 aromatic heterocycles. The summed E-state index contributed by atoms with van der Waals surface area (Å²) in [5.41, 5.74) is 3.11. The van der Waals surface area contributed by atoms with Crippen LogP contribution >= 0.6 is 0 Å². The summed E-state index contributed by atoms with van der Waals surface area (Å²) < 4.78 is 5.31. The first-order valence-corrected chi connectivity index (χ1v) is 5.77. The Kier molecular flexibility index (Phi) is 3.46. The van der Waals surface area contributed by atoms with Gasteiger partial charge in [0.2, 0.25) is 0 Å². The fourth-order valence-electron chi connectivity index (χ4n) is 2.11. The molecule has 1 heterocycles. The highest BCUT2D eigenvalue weighted by molar-refractivity contribution is 5.42. The Labute approximate surface area is 96.4 Å². The lowest BCUT2D eigenvalue weighted by atomic mass is 10.1. The molecule has 0 saturated carbocycles. The fourth-order valence-corrected chi connectivity index (χ4v) is 2.11. The van der Waals surface area contributed by atoms with E-state index in [1.807, 2.05) is 26.0 Å². The minimum atomic E-state index is 0.410. The highest BCUT2D eigenvalue weighted by Crippen LogP contribution is 2.22. The van der Waals surface area contributed by atoms with Crippen LogP contribution < -0.4 is 5.32 Å². The molecular formula is C13H19NO2. The Morgan fingerprint density at radius 2 is 2.06 bits per heavy atom. The van der Waals surface area contributed by atoms with Gasteiger partial charge >= 0.3 is 0 Å². The normalized spacial score (nSPS) is 20.2. The second kappa shape index (κ2) is 4.85. The van der Waals surface area contributed by atoms with Gasteiger partial charge in [-0.1, -0.05) is 12.1 Å². The number of rotatable bonds is 3. The van der Waals surface area contributed by atoms with Gasteiger partial charge in [-0.2, -0.15) is 0 Å². The molecule has 3 heteroatoms. The van der Waals surface area contributed by atoms with Crippen LogP contribution in [0.4, 0.5) is 0 Å². The summed E-state index contributed by atoms with van der Waals surface area (Å²) in [6.07, 6.45) is 1.09. The van der Waals surface area contributed by atoms with Gasteiger partial charge in [0.15, 0.2) is 0 Å². The number of hydrogen-bond donors (Lipinski definition) is 2. The van der Waals surface area contributed by atoms with E-state index in [0.29, 0.717) is 11.8 Å². The van der Waals surface area contributed by atoms with Crippen molar-refractivity contribution in [3.63, 3.8) is 0 Å². The SMILES string of the molecule is Cc1cc(CNC2CCOC2)cc(C)c1O. The van der Waals surface area contributed by atoms with E-state index in [1.165, 1.54) is 5.56 Å². The lowest BCUT2D eigenvalue weighted by Gasteiger charge is -2.12. The highest BCUT2D eigenvalue weighted by Gasteiger charge is 2.14. The molecule has 1 saturated heterocycles. The van der Waals surface area contributed by atoms with Crippen LogP contribution in [0.3, 0.4) is 0 Å². The zero-order valence-electron chi connectivity index (χ0n) is 9.92. The van der Waals surface area contributed by atoms with Gasteiger partial charge in [0, 0.05) is 19.2 Å². The van der Waals surface area contributed by atoms with Gasteiger partial charge in [0.1, 0.15) is 5.75 Å². The molecule has 3 nitrogen and oxygen atoms in total. The van der Waals surface area contributed by atoms with E-state index in [0.717, 1.165) is 37.3 Å². The van der Waals surface area contributed by atoms with Crippen molar-refractivity contribution < 1.29 is 9.84 Å². The van der Waals surface area contributed by atoms with Crippen molar-refractivity contribution in [1.29, 1.82) is 0 Å². The van der Waals surface area contributed by atoms with Crippen LogP contribution in [0.2, 0.25) is 0 Å². The second-order valence-electron chi connectivity index (χ2n) is 4.52. The van der Waals surface area contributed by atoms with Gasteiger partial charge in [-0.05, 0) is 37.0 Å². The third-order valence-electron chi connectivity index (χ3n) is 3.08. The second-order valence-corrected chi connectivity index (χ2v) is 4.52. The third kappa shape index (κ3) is 2.54. The zero-order chi connectivity index (χ0) is 11.5. The van der Waals surface area contributed by atoms with Gasteiger partial charge in [0.05, 0.1) is 6.61 Å². The van der Waals surface area contributed by atoms with Crippen LogP contribution in [0.25, 0.3) is 0 Å². The van der Waals surface area contributed by atoms with Crippen molar-refractivity contribution >= 4 is 0 Å². The van der Waals surface area contributed by atoms with Gasteiger partial charge < -0.3 is 15.2 Å². The topological polar surface area (TPSA) is 41.5 Å². The molecule has 0 amide bonds. The molecule has 1 aliphatic heterocycles.